The van der Waals surface area contributed by atoms with Crippen molar-refractivity contribution in [3.8, 4) is 0 Å². The number of benzene rings is 2. The Morgan fingerprint density at radius 3 is 1.77 bits per heavy atom. The van der Waals surface area contributed by atoms with Crippen LogP contribution < -0.4 is 0 Å². The normalized spacial score (nSPS) is 26.7. The fourth-order valence-electron chi connectivity index (χ4n) is 7.33. The van der Waals surface area contributed by atoms with Gasteiger partial charge in [0.05, 0.1) is 38.1 Å². The summed E-state index contributed by atoms with van der Waals surface area (Å²) in [5.74, 6) is 0.346. The van der Waals surface area contributed by atoms with Gasteiger partial charge in [-0.3, -0.25) is 14.6 Å². The van der Waals surface area contributed by atoms with Crippen LogP contribution in [0.1, 0.15) is 75.3 Å². The molecule has 2 aromatic rings. The Balaban J connectivity index is 0.000000245. The molecule has 6 rings (SSSR count). The Hall–Kier alpha value is -0.350. The number of hydrogen-bond acceptors (Lipinski definition) is 6. The van der Waals surface area contributed by atoms with Crippen molar-refractivity contribution in [2.75, 3.05) is 32.8 Å². The highest BCUT2D eigenvalue weighted by Gasteiger charge is 2.36. The Morgan fingerprint density at radius 2 is 1.23 bits per heavy atom. The number of aliphatic hydroxyl groups is 1. The number of likely N-dealkylation sites (tertiary alicyclic amines) is 2. The van der Waals surface area contributed by atoms with Crippen molar-refractivity contribution in [2.45, 2.75) is 108 Å². The summed E-state index contributed by atoms with van der Waals surface area (Å²) in [4.78, 5) is 16.3. The van der Waals surface area contributed by atoms with Gasteiger partial charge in [-0.25, -0.2) is 0 Å². The van der Waals surface area contributed by atoms with Crippen molar-refractivity contribution in [3.05, 3.63) is 67.6 Å². The van der Waals surface area contributed by atoms with Crippen LogP contribution in [0, 0.1) is 0 Å². The summed E-state index contributed by atoms with van der Waals surface area (Å²) in [5, 5.41) is 12.5. The first-order valence-corrected chi connectivity index (χ1v) is 18.1. The molecule has 2 heterocycles. The number of ether oxygens (including phenoxy) is 2. The van der Waals surface area contributed by atoms with Gasteiger partial charge in [0, 0.05) is 63.8 Å². The first-order chi connectivity index (χ1) is 21.8. The van der Waals surface area contributed by atoms with Crippen molar-refractivity contribution in [3.63, 3.8) is 0 Å². The number of hydrogen-bond donors (Lipinski definition) is 1. The summed E-state index contributed by atoms with van der Waals surface area (Å²) in [5.41, 5.74) is 1.83. The molecular weight excluding hydrogens is 725 g/mol. The highest BCUT2D eigenvalue weighted by atomic mass is 35.5. The van der Waals surface area contributed by atoms with Gasteiger partial charge in [-0.15, -0.1) is 24.8 Å². The van der Waals surface area contributed by atoms with Gasteiger partial charge in [0.2, 0.25) is 0 Å². The molecule has 0 amide bonds. The van der Waals surface area contributed by atoms with E-state index in [-0.39, 0.29) is 43.1 Å². The van der Waals surface area contributed by atoms with Crippen molar-refractivity contribution in [2.24, 2.45) is 0 Å². The molecule has 1 N–H and O–H groups in total. The Labute approximate surface area is 312 Å². The Morgan fingerprint density at radius 1 is 0.702 bits per heavy atom. The zero-order chi connectivity index (χ0) is 31.8. The fourth-order valence-corrected chi connectivity index (χ4v) is 8.42. The third-order valence-electron chi connectivity index (χ3n) is 9.77. The standard InChI is InChI=1S/C18H25Cl2NO2.C17H21Cl2NO2.2ClH/c19-15-4-3-5-16(20)14(15)9-11-23-18-7-2-1-6-17(18)21-10-8-13(22)12-21;18-14-4-3-5-15(19)13(14)11-22-17-7-2-1-6-16(17)20-9-8-12(21)10-20;;/h3-5,13,17-18,22H,1-2,6-12H2;3-5,16-17H,1-2,6-11H2;2*1H/t13?,17?,18-;16-,17?;;/m01../s1. The van der Waals surface area contributed by atoms with E-state index < -0.39 is 0 Å². The van der Waals surface area contributed by atoms with Crippen LogP contribution in [0.5, 0.6) is 0 Å². The first kappa shape index (κ1) is 41.1. The molecule has 12 heteroatoms. The van der Waals surface area contributed by atoms with Gasteiger partial charge in [0.15, 0.2) is 0 Å². The number of β-amino-alcohol motifs (C(OH)–C–C–N with tert-alkyl or cyclic N) is 1. The van der Waals surface area contributed by atoms with Gasteiger partial charge in [-0.05, 0) is 68.4 Å². The molecule has 2 aromatic carbocycles. The molecule has 2 saturated heterocycles. The summed E-state index contributed by atoms with van der Waals surface area (Å²) in [6.07, 6.45) is 11.9. The van der Waals surface area contributed by atoms with E-state index in [0.717, 1.165) is 62.9 Å². The van der Waals surface area contributed by atoms with Crippen molar-refractivity contribution < 1.29 is 19.4 Å². The molecule has 2 aliphatic carbocycles. The molecule has 5 atom stereocenters. The second-order valence-electron chi connectivity index (χ2n) is 12.8. The number of Topliss-reactive ketones (excluding diaryl/α,β-unsaturated/α-hetero) is 1. The Kier molecular flexibility index (Phi) is 17.9. The summed E-state index contributed by atoms with van der Waals surface area (Å²) in [6, 6.07) is 11.9. The maximum absolute atomic E-state index is 11.6. The van der Waals surface area contributed by atoms with Crippen LogP contribution in [0.2, 0.25) is 20.1 Å². The van der Waals surface area contributed by atoms with Crippen LogP contribution in [0.3, 0.4) is 0 Å². The van der Waals surface area contributed by atoms with Crippen molar-refractivity contribution in [1.29, 1.82) is 0 Å². The van der Waals surface area contributed by atoms with E-state index >= 15 is 0 Å². The van der Waals surface area contributed by atoms with Gasteiger partial charge in [0.1, 0.15) is 5.78 Å². The van der Waals surface area contributed by atoms with Crippen LogP contribution >= 0.6 is 71.2 Å². The maximum atomic E-state index is 11.6. The fraction of sp³-hybridized carbons (Fsp3) is 0.629. The largest absolute Gasteiger partial charge is 0.392 e. The van der Waals surface area contributed by atoms with E-state index in [1.807, 2.05) is 36.4 Å². The Bertz CT molecular complexity index is 1230. The minimum absolute atomic E-state index is 0. The topological polar surface area (TPSA) is 62.2 Å². The molecule has 264 valence electrons. The third kappa shape index (κ3) is 11.6. The predicted molar refractivity (Wildman–Crippen MR) is 197 cm³/mol. The predicted octanol–water partition coefficient (Wildman–Crippen LogP) is 8.87. The number of nitrogens with zero attached hydrogens (tertiary/aromatic N) is 2. The van der Waals surface area contributed by atoms with E-state index in [1.54, 1.807) is 0 Å². The molecule has 0 bridgehead atoms. The lowest BCUT2D eigenvalue weighted by atomic mass is 9.91. The molecule has 2 aliphatic heterocycles. The van der Waals surface area contributed by atoms with E-state index in [2.05, 4.69) is 9.80 Å². The minimum Gasteiger partial charge on any atom is -0.392 e. The van der Waals surface area contributed by atoms with Crippen LogP contribution in [0.15, 0.2) is 36.4 Å². The average molecular weight is 773 g/mol. The van der Waals surface area contributed by atoms with Gasteiger partial charge in [0.25, 0.3) is 0 Å². The summed E-state index contributed by atoms with van der Waals surface area (Å²) < 4.78 is 12.4. The quantitative estimate of drug-likeness (QED) is 0.275. The molecule has 2 saturated carbocycles. The van der Waals surface area contributed by atoms with Crippen LogP contribution in [-0.4, -0.2) is 83.9 Å². The van der Waals surface area contributed by atoms with Crippen molar-refractivity contribution in [1.82, 2.24) is 9.80 Å². The third-order valence-corrected chi connectivity index (χ3v) is 11.2. The molecule has 0 aromatic heterocycles. The van der Waals surface area contributed by atoms with Crippen LogP contribution in [-0.2, 0) is 27.3 Å². The summed E-state index contributed by atoms with van der Waals surface area (Å²) >= 11 is 24.9. The first-order valence-electron chi connectivity index (χ1n) is 16.6. The molecule has 3 unspecified atom stereocenters. The molecule has 0 radical (unpaired) electrons. The minimum atomic E-state index is -0.167. The van der Waals surface area contributed by atoms with E-state index in [0.29, 0.717) is 64.1 Å². The zero-order valence-corrected chi connectivity index (χ0v) is 31.4. The number of aliphatic hydroxyl groups excluding tert-OH is 1. The molecule has 47 heavy (non-hydrogen) atoms. The van der Waals surface area contributed by atoms with Gasteiger partial charge >= 0.3 is 0 Å². The molecule has 0 spiro atoms. The number of carbonyl (C=O) groups excluding carboxylic acids is 1. The van der Waals surface area contributed by atoms with Crippen molar-refractivity contribution >= 4 is 77.0 Å². The van der Waals surface area contributed by atoms with Crippen LogP contribution in [0.4, 0.5) is 0 Å². The highest BCUT2D eigenvalue weighted by Crippen LogP contribution is 2.32. The smallest absolute Gasteiger partial charge is 0.148 e. The summed E-state index contributed by atoms with van der Waals surface area (Å²) in [6.45, 7) is 4.30. The van der Waals surface area contributed by atoms with E-state index in [1.165, 1.54) is 32.1 Å². The second-order valence-corrected chi connectivity index (χ2v) is 14.4. The molecule has 4 fully saturated rings. The number of carbonyl (C=O) groups is 1. The van der Waals surface area contributed by atoms with E-state index in [4.69, 9.17) is 55.9 Å². The molecular formula is C35H48Cl6N2O4. The average Bonchev–Trinajstić information content (AvgIpc) is 3.67. The van der Waals surface area contributed by atoms with Gasteiger partial charge in [-0.2, -0.15) is 0 Å². The highest BCUT2D eigenvalue weighted by molar-refractivity contribution is 6.36. The molecule has 6 nitrogen and oxygen atoms in total. The van der Waals surface area contributed by atoms with Gasteiger partial charge < -0.3 is 14.6 Å². The monoisotopic (exact) mass is 770 g/mol. The lowest BCUT2D eigenvalue weighted by Crippen LogP contribution is -2.46. The number of rotatable bonds is 9. The van der Waals surface area contributed by atoms with Crippen LogP contribution in [0.25, 0.3) is 0 Å². The maximum Gasteiger partial charge on any atom is 0.148 e. The number of halogens is 6. The summed E-state index contributed by atoms with van der Waals surface area (Å²) in [7, 11) is 0. The number of ketones is 1. The van der Waals surface area contributed by atoms with E-state index in [9.17, 15) is 9.90 Å². The zero-order valence-electron chi connectivity index (χ0n) is 26.8. The molecule has 4 aliphatic rings. The second kappa shape index (κ2) is 20.5. The lowest BCUT2D eigenvalue weighted by Gasteiger charge is -2.37. The van der Waals surface area contributed by atoms with Gasteiger partial charge in [-0.1, -0.05) is 84.2 Å². The SMILES string of the molecule is Cl.Cl.O=C1CCN([C@@H]2CCCCC2OCc2c(Cl)cccc2Cl)C1.OC1CCN(C2CCCC[C@@H]2OCCc2c(Cl)cccc2Cl)C1. The lowest BCUT2D eigenvalue weighted by molar-refractivity contribution is -0.117.